The van der Waals surface area contributed by atoms with Crippen molar-refractivity contribution in [3.8, 4) is 11.1 Å². The predicted octanol–water partition coefficient (Wildman–Crippen LogP) is 5.44. The van der Waals surface area contributed by atoms with Crippen molar-refractivity contribution < 1.29 is 22.4 Å². The van der Waals surface area contributed by atoms with Crippen molar-refractivity contribution in [1.82, 2.24) is 5.32 Å². The summed E-state index contributed by atoms with van der Waals surface area (Å²) < 4.78 is 54.9. The number of carbonyl (C=O) groups is 1. The van der Waals surface area contributed by atoms with Crippen LogP contribution < -0.4 is 5.32 Å². The molecule has 1 N–H and O–H groups in total. The van der Waals surface area contributed by atoms with Gasteiger partial charge in [-0.2, -0.15) is 13.2 Å². The smallest absolute Gasteiger partial charge is 0.298 e. The highest BCUT2D eigenvalue weighted by atomic mass is 19.4. The van der Waals surface area contributed by atoms with E-state index in [-0.39, 0.29) is 16.9 Å². The van der Waals surface area contributed by atoms with Crippen LogP contribution in [-0.2, 0) is 4.79 Å². The highest BCUT2D eigenvalue weighted by molar-refractivity contribution is 5.81. The number of carbonyl (C=O) groups excluding carboxylic acids is 1. The molecule has 0 amide bonds. The topological polar surface area (TPSA) is 29.1 Å². The van der Waals surface area contributed by atoms with Gasteiger partial charge in [0, 0.05) is 5.56 Å². The first-order chi connectivity index (χ1) is 12.2. The summed E-state index contributed by atoms with van der Waals surface area (Å²) in [7, 11) is 0. The van der Waals surface area contributed by atoms with Gasteiger partial charge in [0.15, 0.2) is 0 Å². The van der Waals surface area contributed by atoms with Crippen LogP contribution in [0.3, 0.4) is 0 Å². The molecule has 26 heavy (non-hydrogen) atoms. The zero-order chi connectivity index (χ0) is 19.3. The molecule has 0 aromatic heterocycles. The summed E-state index contributed by atoms with van der Waals surface area (Å²) >= 11 is 0. The molecule has 0 aliphatic rings. The maximum absolute atomic E-state index is 14.0. The van der Waals surface area contributed by atoms with Crippen LogP contribution in [-0.4, -0.2) is 18.0 Å². The molecule has 0 saturated heterocycles. The first kappa shape index (κ1) is 20.1. The SMILES string of the molecule is CCCC(N[C@@H](c1cccc(-c2ccccc2F)c1)C(F)(F)F)C(C)=O. The summed E-state index contributed by atoms with van der Waals surface area (Å²) in [6.45, 7) is 3.08. The second kappa shape index (κ2) is 8.45. The molecule has 0 aliphatic heterocycles. The van der Waals surface area contributed by atoms with E-state index in [1.54, 1.807) is 19.1 Å². The molecule has 0 spiro atoms. The van der Waals surface area contributed by atoms with Crippen LogP contribution in [0.2, 0.25) is 0 Å². The minimum Gasteiger partial charge on any atom is -0.298 e. The van der Waals surface area contributed by atoms with Crippen molar-refractivity contribution in [3.05, 3.63) is 59.9 Å². The van der Waals surface area contributed by atoms with Gasteiger partial charge in [-0.3, -0.25) is 10.1 Å². The van der Waals surface area contributed by atoms with Crippen LogP contribution in [0.1, 0.15) is 38.3 Å². The molecular weight excluding hydrogens is 346 g/mol. The van der Waals surface area contributed by atoms with Gasteiger partial charge in [0.1, 0.15) is 17.6 Å². The van der Waals surface area contributed by atoms with Gasteiger partial charge in [-0.25, -0.2) is 4.39 Å². The molecule has 0 saturated carbocycles. The second-order valence-electron chi connectivity index (χ2n) is 6.20. The fraction of sp³-hybridized carbons (Fsp3) is 0.350. The number of alkyl halides is 3. The van der Waals surface area contributed by atoms with E-state index in [9.17, 15) is 22.4 Å². The summed E-state index contributed by atoms with van der Waals surface area (Å²) in [5.41, 5.74) is 0.527. The van der Waals surface area contributed by atoms with Crippen molar-refractivity contribution in [2.45, 2.75) is 44.9 Å². The van der Waals surface area contributed by atoms with Crippen molar-refractivity contribution in [2.75, 3.05) is 0 Å². The Morgan fingerprint density at radius 3 is 2.38 bits per heavy atom. The lowest BCUT2D eigenvalue weighted by Gasteiger charge is -2.27. The molecule has 0 bridgehead atoms. The lowest BCUT2D eigenvalue weighted by atomic mass is 9.97. The lowest BCUT2D eigenvalue weighted by molar-refractivity contribution is -0.160. The number of hydrogen-bond acceptors (Lipinski definition) is 2. The van der Waals surface area contributed by atoms with E-state index in [1.165, 1.54) is 43.3 Å². The standard InChI is InChI=1S/C20H21F4NO/c1-3-7-18(13(2)26)25-19(20(22,23)24)15-9-6-8-14(12-15)16-10-4-5-11-17(16)21/h4-6,8-12,18-19,25H,3,7H2,1-2H3/t18?,19-/m0/s1. The zero-order valence-corrected chi connectivity index (χ0v) is 14.6. The molecule has 2 aromatic rings. The number of nitrogens with one attached hydrogen (secondary N) is 1. The first-order valence-electron chi connectivity index (χ1n) is 8.42. The minimum atomic E-state index is -4.59. The molecule has 1 unspecified atom stereocenters. The summed E-state index contributed by atoms with van der Waals surface area (Å²) in [6, 6.07) is 8.69. The Morgan fingerprint density at radius 2 is 1.81 bits per heavy atom. The van der Waals surface area contributed by atoms with Gasteiger partial charge in [0.05, 0.1) is 6.04 Å². The molecule has 2 rings (SSSR count). The second-order valence-corrected chi connectivity index (χ2v) is 6.20. The van der Waals surface area contributed by atoms with E-state index < -0.39 is 24.1 Å². The van der Waals surface area contributed by atoms with Gasteiger partial charge in [-0.1, -0.05) is 49.7 Å². The van der Waals surface area contributed by atoms with Crippen LogP contribution in [0.15, 0.2) is 48.5 Å². The Balaban J connectivity index is 2.42. The Bertz CT molecular complexity index is 757. The van der Waals surface area contributed by atoms with E-state index in [4.69, 9.17) is 0 Å². The Morgan fingerprint density at radius 1 is 1.12 bits per heavy atom. The van der Waals surface area contributed by atoms with Crippen LogP contribution in [0.5, 0.6) is 0 Å². The largest absolute Gasteiger partial charge is 0.407 e. The van der Waals surface area contributed by atoms with Crippen molar-refractivity contribution in [3.63, 3.8) is 0 Å². The van der Waals surface area contributed by atoms with E-state index in [0.29, 0.717) is 18.4 Å². The fourth-order valence-electron chi connectivity index (χ4n) is 2.85. The van der Waals surface area contributed by atoms with Crippen molar-refractivity contribution in [2.24, 2.45) is 0 Å². The van der Waals surface area contributed by atoms with E-state index in [0.717, 1.165) is 0 Å². The summed E-state index contributed by atoms with van der Waals surface area (Å²) in [5.74, 6) is -0.847. The van der Waals surface area contributed by atoms with Gasteiger partial charge in [0.2, 0.25) is 0 Å². The molecule has 0 radical (unpaired) electrons. The third-order valence-corrected chi connectivity index (χ3v) is 4.17. The van der Waals surface area contributed by atoms with Gasteiger partial charge in [-0.05, 0) is 36.6 Å². The van der Waals surface area contributed by atoms with Crippen molar-refractivity contribution in [1.29, 1.82) is 0 Å². The predicted molar refractivity (Wildman–Crippen MR) is 93.1 cm³/mol. The summed E-state index contributed by atoms with van der Waals surface area (Å²) in [5, 5.41) is 2.44. The monoisotopic (exact) mass is 367 g/mol. The van der Waals surface area contributed by atoms with Crippen LogP contribution >= 0.6 is 0 Å². The van der Waals surface area contributed by atoms with Gasteiger partial charge < -0.3 is 0 Å². The van der Waals surface area contributed by atoms with E-state index >= 15 is 0 Å². The van der Waals surface area contributed by atoms with E-state index in [1.807, 2.05) is 0 Å². The zero-order valence-electron chi connectivity index (χ0n) is 14.6. The number of rotatable bonds is 7. The minimum absolute atomic E-state index is 0.0550. The lowest BCUT2D eigenvalue weighted by Crippen LogP contribution is -2.44. The van der Waals surface area contributed by atoms with Gasteiger partial charge >= 0.3 is 6.18 Å². The first-order valence-corrected chi connectivity index (χ1v) is 8.42. The summed E-state index contributed by atoms with van der Waals surface area (Å²) in [4.78, 5) is 11.7. The van der Waals surface area contributed by atoms with Gasteiger partial charge in [-0.15, -0.1) is 0 Å². The average Bonchev–Trinajstić information content (AvgIpc) is 2.57. The number of halogens is 4. The number of Topliss-reactive ketones (excluding diaryl/α,β-unsaturated/α-hetero) is 1. The van der Waals surface area contributed by atoms with Crippen molar-refractivity contribution >= 4 is 5.78 Å². The Labute approximate surface area is 150 Å². The number of ketones is 1. The summed E-state index contributed by atoms with van der Waals surface area (Å²) in [6.07, 6.45) is -3.69. The molecule has 2 atom stereocenters. The van der Waals surface area contributed by atoms with Crippen LogP contribution in [0.25, 0.3) is 11.1 Å². The normalized spacial score (nSPS) is 14.1. The highest BCUT2D eigenvalue weighted by Gasteiger charge is 2.42. The molecule has 2 aromatic carbocycles. The molecule has 0 aliphatic carbocycles. The van der Waals surface area contributed by atoms with Gasteiger partial charge in [0.25, 0.3) is 0 Å². The Hall–Kier alpha value is -2.21. The fourth-order valence-corrected chi connectivity index (χ4v) is 2.85. The quantitative estimate of drug-likeness (QED) is 0.660. The third kappa shape index (κ3) is 4.91. The number of hydrogen-bond donors (Lipinski definition) is 1. The Kier molecular flexibility index (Phi) is 6.53. The molecule has 0 fully saturated rings. The highest BCUT2D eigenvalue weighted by Crippen LogP contribution is 2.35. The average molecular weight is 367 g/mol. The molecule has 0 heterocycles. The molecule has 6 heteroatoms. The molecule has 140 valence electrons. The molecule has 2 nitrogen and oxygen atoms in total. The maximum Gasteiger partial charge on any atom is 0.407 e. The third-order valence-electron chi connectivity index (χ3n) is 4.17. The van der Waals surface area contributed by atoms with Crippen LogP contribution in [0, 0.1) is 5.82 Å². The van der Waals surface area contributed by atoms with Crippen LogP contribution in [0.4, 0.5) is 17.6 Å². The van der Waals surface area contributed by atoms with E-state index in [2.05, 4.69) is 5.32 Å². The number of benzene rings is 2. The maximum atomic E-state index is 14.0. The molecular formula is C20H21F4NO.